The Bertz CT molecular complexity index is 1580. The van der Waals surface area contributed by atoms with E-state index in [1.54, 1.807) is 36.4 Å². The number of nitrogens with one attached hydrogen (secondary N) is 2. The minimum Gasteiger partial charge on any atom is -0.434 e. The summed E-state index contributed by atoms with van der Waals surface area (Å²) < 4.78 is 38.2. The van der Waals surface area contributed by atoms with Crippen molar-refractivity contribution in [1.82, 2.24) is 19.9 Å². The summed E-state index contributed by atoms with van der Waals surface area (Å²) in [5.41, 5.74) is 7.46. The second-order valence-electron chi connectivity index (χ2n) is 11.0. The monoisotopic (exact) mass is 659 g/mol. The number of nitrogens with zero attached hydrogens (tertiary/aromatic N) is 2. The van der Waals surface area contributed by atoms with E-state index in [9.17, 15) is 22.8 Å². The van der Waals surface area contributed by atoms with Gasteiger partial charge in [-0.05, 0) is 62.1 Å². The van der Waals surface area contributed by atoms with Crippen LogP contribution in [0.4, 0.5) is 0 Å². The third-order valence-electron chi connectivity index (χ3n) is 7.39. The first-order valence-electron chi connectivity index (χ1n) is 14.6. The number of carbonyl (C=O) groups is 3. The molecule has 3 aromatic rings. The van der Waals surface area contributed by atoms with Gasteiger partial charge in [-0.1, -0.05) is 41.9 Å². The van der Waals surface area contributed by atoms with Gasteiger partial charge in [0, 0.05) is 18.0 Å². The van der Waals surface area contributed by atoms with Crippen molar-refractivity contribution in [3.05, 3.63) is 77.7 Å². The Morgan fingerprint density at radius 3 is 2.58 bits per heavy atom. The predicted octanol–water partition coefficient (Wildman–Crippen LogP) is 2.96. The molecule has 45 heavy (non-hydrogen) atoms. The minimum atomic E-state index is -3.77. The molecule has 4 rings (SSSR count). The highest BCUT2D eigenvalue weighted by Gasteiger charge is 2.43. The number of Topliss-reactive ketones (excluding diaryl/α,β-unsaturated/α-hetero) is 1. The van der Waals surface area contributed by atoms with Crippen molar-refractivity contribution in [2.24, 2.45) is 5.73 Å². The van der Waals surface area contributed by atoms with Crippen LogP contribution in [0.15, 0.2) is 65.6 Å². The molecule has 1 aromatic heterocycles. The molecule has 0 radical (unpaired) electrons. The van der Waals surface area contributed by atoms with E-state index in [-0.39, 0.29) is 38.3 Å². The molecule has 1 aliphatic rings. The van der Waals surface area contributed by atoms with E-state index in [0.29, 0.717) is 35.5 Å². The number of ether oxygens (including phenoxy) is 1. The number of rotatable bonds is 16. The maximum absolute atomic E-state index is 13.9. The minimum absolute atomic E-state index is 0.00492. The number of benzene rings is 2. The van der Waals surface area contributed by atoms with E-state index < -0.39 is 51.9 Å². The zero-order valence-corrected chi connectivity index (χ0v) is 26.6. The van der Waals surface area contributed by atoms with Crippen molar-refractivity contribution in [3.8, 4) is 0 Å². The van der Waals surface area contributed by atoms with Crippen molar-refractivity contribution in [1.29, 1.82) is 0 Å². The Hall–Kier alpha value is -3.62. The number of likely N-dealkylation sites (tertiary alicyclic amines) is 1. The summed E-state index contributed by atoms with van der Waals surface area (Å²) in [6, 6.07) is 10.8. The van der Waals surface area contributed by atoms with Gasteiger partial charge in [0.1, 0.15) is 17.6 Å². The van der Waals surface area contributed by atoms with Gasteiger partial charge in [-0.3, -0.25) is 14.4 Å². The number of carbonyl (C=O) groups excluding carboxylic acids is 3. The molecule has 12 nitrogen and oxygen atoms in total. The lowest BCUT2D eigenvalue weighted by molar-refractivity contribution is -0.140. The second-order valence-corrected chi connectivity index (χ2v) is 13.2. The number of hydrogen-bond donors (Lipinski definition) is 3. The highest BCUT2D eigenvalue weighted by Crippen LogP contribution is 2.25. The molecule has 1 saturated heterocycles. The molecule has 1 aliphatic heterocycles. The topological polar surface area (TPSA) is 174 Å². The number of oxazole rings is 1. The molecule has 0 spiro atoms. The Morgan fingerprint density at radius 1 is 1.18 bits per heavy atom. The van der Waals surface area contributed by atoms with Crippen LogP contribution in [0.25, 0.3) is 11.1 Å². The van der Waals surface area contributed by atoms with E-state index in [4.69, 9.17) is 26.5 Å². The van der Waals surface area contributed by atoms with Crippen molar-refractivity contribution in [3.63, 3.8) is 0 Å². The fourth-order valence-electron chi connectivity index (χ4n) is 5.19. The van der Waals surface area contributed by atoms with Crippen molar-refractivity contribution in [2.45, 2.75) is 62.9 Å². The summed E-state index contributed by atoms with van der Waals surface area (Å²) in [4.78, 5) is 46.8. The molecule has 0 unspecified atom stereocenters. The molecule has 0 bridgehead atoms. The summed E-state index contributed by atoms with van der Waals surface area (Å²) in [6.45, 7) is 4.28. The number of aromatic nitrogens is 1. The number of nitrogens with two attached hydrogens (primary N) is 1. The maximum Gasteiger partial charge on any atom is 0.266 e. The van der Waals surface area contributed by atoms with E-state index in [2.05, 4.69) is 21.6 Å². The summed E-state index contributed by atoms with van der Waals surface area (Å²) in [5.74, 6) is -1.84. The average molecular weight is 660 g/mol. The van der Waals surface area contributed by atoms with Gasteiger partial charge in [0.05, 0.1) is 25.0 Å². The molecule has 0 saturated carbocycles. The zero-order chi connectivity index (χ0) is 32.6. The van der Waals surface area contributed by atoms with Gasteiger partial charge in [0.15, 0.2) is 5.58 Å². The Balaban J connectivity index is 1.57. The molecule has 4 atom stereocenters. The number of hydrogen-bond acceptors (Lipinski definition) is 9. The predicted molar refractivity (Wildman–Crippen MR) is 170 cm³/mol. The van der Waals surface area contributed by atoms with Crippen LogP contribution in [0.1, 0.15) is 48.4 Å². The molecular weight excluding hydrogens is 622 g/mol. The fraction of sp³-hybridized carbons (Fsp3) is 0.419. The van der Waals surface area contributed by atoms with Crippen LogP contribution < -0.4 is 15.8 Å². The first-order chi connectivity index (χ1) is 21.5. The van der Waals surface area contributed by atoms with Gasteiger partial charge in [-0.15, -0.1) is 6.58 Å². The highest BCUT2D eigenvalue weighted by molar-refractivity contribution is 7.88. The Kier molecular flexibility index (Phi) is 11.9. The first-order valence-corrected chi connectivity index (χ1v) is 16.9. The van der Waals surface area contributed by atoms with Crippen LogP contribution in [0.3, 0.4) is 0 Å². The standard InChI is InChI=1S/C31H38ClN5O7S/c1-3-8-25(36-45(2,41)42)31(40)37-18-22(43-19-20-12-14-21(32)15-13-20)17-26(37)29(39)34-24(10-6-7-16-33)28(38)30-35-23-9-4-5-11-27(23)44-30/h3-5,9,11-15,22,24-26,36H,1,6-8,10,16-19,33H2,2H3,(H,34,39)/t22-,24+,25-,26+/m1/s1. The molecule has 2 heterocycles. The number of ketones is 1. The van der Waals surface area contributed by atoms with Crippen molar-refractivity contribution < 1.29 is 32.0 Å². The molecular formula is C31H38ClN5O7S. The number of sulfonamides is 1. The Morgan fingerprint density at radius 2 is 1.91 bits per heavy atom. The lowest BCUT2D eigenvalue weighted by atomic mass is 10.0. The third kappa shape index (κ3) is 9.44. The van der Waals surface area contributed by atoms with Crippen LogP contribution in [0, 0.1) is 0 Å². The summed E-state index contributed by atoms with van der Waals surface area (Å²) >= 11 is 5.99. The van der Waals surface area contributed by atoms with Gasteiger partial charge < -0.3 is 25.1 Å². The van der Waals surface area contributed by atoms with E-state index in [1.165, 1.54) is 11.0 Å². The van der Waals surface area contributed by atoms with Gasteiger partial charge in [-0.2, -0.15) is 0 Å². The average Bonchev–Trinajstić information content (AvgIpc) is 3.64. The molecule has 4 N–H and O–H groups in total. The first kappa shape index (κ1) is 34.3. The number of para-hydroxylation sites is 2. The normalized spacial score (nSPS) is 18.1. The fourth-order valence-corrected chi connectivity index (χ4v) is 6.03. The number of amides is 2. The molecule has 242 valence electrons. The Labute approximate surface area is 267 Å². The van der Waals surface area contributed by atoms with Gasteiger partial charge in [0.2, 0.25) is 27.6 Å². The highest BCUT2D eigenvalue weighted by atomic mass is 35.5. The van der Waals surface area contributed by atoms with Crippen LogP contribution >= 0.6 is 11.6 Å². The summed E-state index contributed by atoms with van der Waals surface area (Å²) in [7, 11) is -3.77. The molecule has 14 heteroatoms. The molecule has 0 aliphatic carbocycles. The smallest absolute Gasteiger partial charge is 0.266 e. The number of unbranched alkanes of at least 4 members (excludes halogenated alkanes) is 1. The third-order valence-corrected chi connectivity index (χ3v) is 8.35. The summed E-state index contributed by atoms with van der Waals surface area (Å²) in [5, 5.41) is 3.39. The van der Waals surface area contributed by atoms with Crippen LogP contribution in [0.2, 0.25) is 5.02 Å². The number of halogens is 1. The van der Waals surface area contributed by atoms with Gasteiger partial charge in [-0.25, -0.2) is 18.1 Å². The molecule has 2 amide bonds. The quantitative estimate of drug-likeness (QED) is 0.119. The SMILES string of the molecule is C=CC[C@@H](NS(C)(=O)=O)C(=O)N1C[C@H](OCc2ccc(Cl)cc2)C[C@H]1C(=O)N[C@@H](CCCCN)C(=O)c1nc2ccccc2o1. The zero-order valence-electron chi connectivity index (χ0n) is 25.0. The van der Waals surface area contributed by atoms with Crippen LogP contribution in [0.5, 0.6) is 0 Å². The van der Waals surface area contributed by atoms with Crippen molar-refractivity contribution in [2.75, 3.05) is 19.3 Å². The van der Waals surface area contributed by atoms with Crippen LogP contribution in [-0.4, -0.2) is 79.5 Å². The van der Waals surface area contributed by atoms with Crippen LogP contribution in [-0.2, 0) is 31.0 Å². The lowest BCUT2D eigenvalue weighted by Crippen LogP contribution is -2.55. The van der Waals surface area contributed by atoms with Gasteiger partial charge in [0.25, 0.3) is 5.89 Å². The summed E-state index contributed by atoms with van der Waals surface area (Å²) in [6.07, 6.45) is 3.40. The van der Waals surface area contributed by atoms with E-state index >= 15 is 0 Å². The lowest BCUT2D eigenvalue weighted by Gasteiger charge is -2.29. The number of fused-ring (bicyclic) bond motifs is 1. The second kappa shape index (κ2) is 15.6. The molecule has 2 aromatic carbocycles. The van der Waals surface area contributed by atoms with Gasteiger partial charge >= 0.3 is 0 Å². The van der Waals surface area contributed by atoms with E-state index in [0.717, 1.165) is 11.8 Å². The molecule has 1 fully saturated rings. The largest absolute Gasteiger partial charge is 0.434 e. The van der Waals surface area contributed by atoms with Crippen molar-refractivity contribution >= 4 is 50.3 Å². The maximum atomic E-state index is 13.9. The van der Waals surface area contributed by atoms with E-state index in [1.807, 2.05) is 12.1 Å².